The van der Waals surface area contributed by atoms with Gasteiger partial charge in [0.25, 0.3) is 0 Å². The topological polar surface area (TPSA) is 58.3 Å². The van der Waals surface area contributed by atoms with Crippen LogP contribution in [0, 0.1) is 0 Å². The highest BCUT2D eigenvalue weighted by molar-refractivity contribution is 5.73. The van der Waals surface area contributed by atoms with Crippen LogP contribution in [0.3, 0.4) is 0 Å². The Hall–Kier alpha value is -0.770. The van der Waals surface area contributed by atoms with Gasteiger partial charge in [-0.05, 0) is 12.8 Å². The third kappa shape index (κ3) is 15.6. The van der Waals surface area contributed by atoms with E-state index < -0.39 is 0 Å². The summed E-state index contributed by atoms with van der Waals surface area (Å²) >= 11 is 0. The second-order valence-corrected chi connectivity index (χ2v) is 6.06. The van der Waals surface area contributed by atoms with Gasteiger partial charge in [-0.2, -0.15) is 0 Å². The molecule has 0 rings (SSSR count). The molecule has 0 unspecified atom stereocenters. The molecule has 0 bridgehead atoms. The van der Waals surface area contributed by atoms with Crippen molar-refractivity contribution in [3.63, 3.8) is 0 Å². The molecule has 0 aliphatic heterocycles. The molecule has 132 valence electrons. The fourth-order valence-corrected chi connectivity index (χ4v) is 2.36. The Labute approximate surface area is 138 Å². The lowest BCUT2D eigenvalue weighted by atomic mass is 10.1. The number of hydrogen-bond donors (Lipinski definition) is 4. The van der Waals surface area contributed by atoms with Gasteiger partial charge in [-0.15, -0.1) is 0 Å². The van der Waals surface area contributed by atoms with E-state index >= 15 is 0 Å². The Morgan fingerprint density at radius 3 is 1.77 bits per heavy atom. The number of aliphatic hydroxyl groups excluding tert-OH is 1. The van der Waals surface area contributed by atoms with E-state index in [0.29, 0.717) is 0 Å². The molecule has 0 saturated carbocycles. The molecule has 0 aromatic rings. The lowest BCUT2D eigenvalue weighted by molar-refractivity contribution is -0.462. The van der Waals surface area contributed by atoms with Crippen molar-refractivity contribution in [2.24, 2.45) is 0 Å². The van der Waals surface area contributed by atoms with Crippen LogP contribution in [0.15, 0.2) is 0 Å². The summed E-state index contributed by atoms with van der Waals surface area (Å²) in [6, 6.07) is 0. The smallest absolute Gasteiger partial charge is 0.343 e. The lowest BCUT2D eigenvalue weighted by Gasteiger charge is -2.06. The van der Waals surface area contributed by atoms with Crippen molar-refractivity contribution in [1.29, 1.82) is 0 Å². The highest BCUT2D eigenvalue weighted by Crippen LogP contribution is 2.03. The highest BCUT2D eigenvalue weighted by Gasteiger charge is 2.04. The molecule has 0 aliphatic carbocycles. The summed E-state index contributed by atoms with van der Waals surface area (Å²) in [5, 5.41) is 15.8. The van der Waals surface area contributed by atoms with Crippen molar-refractivity contribution < 1.29 is 10.1 Å². The van der Waals surface area contributed by atoms with Crippen LogP contribution in [0.2, 0.25) is 0 Å². The number of nitrogens with one attached hydrogen (secondary N) is 3. The van der Waals surface area contributed by atoms with Gasteiger partial charge >= 0.3 is 5.96 Å². The van der Waals surface area contributed by atoms with Gasteiger partial charge in [0.05, 0.1) is 19.6 Å². The first-order valence-corrected chi connectivity index (χ1v) is 9.54. The monoisotopic (exact) mass is 314 g/mol. The molecule has 0 saturated heterocycles. The molecule has 4 nitrogen and oxygen atoms in total. The molecular weight excluding hydrogens is 274 g/mol. The van der Waals surface area contributed by atoms with Gasteiger partial charge in [0.2, 0.25) is 0 Å². The second-order valence-electron chi connectivity index (χ2n) is 6.06. The van der Waals surface area contributed by atoms with Crippen molar-refractivity contribution in [2.45, 2.75) is 84.5 Å². The summed E-state index contributed by atoms with van der Waals surface area (Å²) in [5.41, 5.74) is 0. The predicted octanol–water partition coefficient (Wildman–Crippen LogP) is 1.93. The van der Waals surface area contributed by atoms with Gasteiger partial charge in [0.15, 0.2) is 0 Å². The van der Waals surface area contributed by atoms with E-state index in [0.717, 1.165) is 32.0 Å². The first kappa shape index (κ1) is 21.2. The van der Waals surface area contributed by atoms with E-state index in [1.807, 2.05) is 0 Å². The summed E-state index contributed by atoms with van der Waals surface area (Å²) in [7, 11) is 0. The Bertz CT molecular complexity index is 244. The maximum Gasteiger partial charge on any atom is 0.343 e. The van der Waals surface area contributed by atoms with Gasteiger partial charge in [0.1, 0.15) is 0 Å². The number of aliphatic hydroxyl groups is 1. The third-order valence-electron chi connectivity index (χ3n) is 3.80. The Kier molecular flexibility index (Phi) is 17.6. The standard InChI is InChI=1S/C18H39N3O/c1-3-5-7-9-10-12-15-20-18(21-16-13-17-22)19-14-11-8-6-4-2/h22H,3-17H2,1-2H3,(H2,19,20,21)/p+1. The van der Waals surface area contributed by atoms with Crippen LogP contribution >= 0.6 is 0 Å². The maximum absolute atomic E-state index is 8.88. The van der Waals surface area contributed by atoms with Crippen LogP contribution in [-0.2, 0) is 0 Å². The average Bonchev–Trinajstić information content (AvgIpc) is 2.53. The zero-order valence-electron chi connectivity index (χ0n) is 15.1. The minimum Gasteiger partial charge on any atom is -0.396 e. The normalized spacial score (nSPS) is 11.7. The maximum atomic E-state index is 8.88. The largest absolute Gasteiger partial charge is 0.396 e. The van der Waals surface area contributed by atoms with E-state index in [9.17, 15) is 0 Å². The van der Waals surface area contributed by atoms with Gasteiger partial charge in [0, 0.05) is 13.0 Å². The van der Waals surface area contributed by atoms with E-state index in [-0.39, 0.29) is 6.61 Å². The van der Waals surface area contributed by atoms with Crippen LogP contribution in [0.5, 0.6) is 0 Å². The van der Waals surface area contributed by atoms with Gasteiger partial charge in [-0.1, -0.05) is 65.2 Å². The summed E-state index contributed by atoms with van der Waals surface area (Å²) in [4.78, 5) is 3.36. The van der Waals surface area contributed by atoms with Crippen molar-refractivity contribution in [2.75, 3.05) is 26.2 Å². The summed E-state index contributed by atoms with van der Waals surface area (Å²) < 4.78 is 0. The molecule has 4 heteroatoms. The second kappa shape index (κ2) is 18.3. The highest BCUT2D eigenvalue weighted by atomic mass is 16.3. The first-order valence-electron chi connectivity index (χ1n) is 9.54. The van der Waals surface area contributed by atoms with Gasteiger partial charge in [-0.25, -0.2) is 0 Å². The van der Waals surface area contributed by atoms with E-state index in [1.54, 1.807) is 0 Å². The number of unbranched alkanes of at least 4 members (excludes halogenated alkanes) is 8. The molecule has 0 heterocycles. The minimum atomic E-state index is 0.244. The Morgan fingerprint density at radius 2 is 1.23 bits per heavy atom. The lowest BCUT2D eigenvalue weighted by Crippen LogP contribution is -2.79. The van der Waals surface area contributed by atoms with E-state index in [2.05, 4.69) is 29.5 Å². The number of rotatable bonds is 15. The van der Waals surface area contributed by atoms with Crippen molar-refractivity contribution in [3.8, 4) is 0 Å². The molecule has 0 aromatic heterocycles. The summed E-state index contributed by atoms with van der Waals surface area (Å²) in [5.74, 6) is 1.04. The van der Waals surface area contributed by atoms with Crippen molar-refractivity contribution >= 4 is 5.96 Å². The number of hydrogen-bond acceptors (Lipinski definition) is 1. The van der Waals surface area contributed by atoms with Crippen LogP contribution in [0.4, 0.5) is 0 Å². The van der Waals surface area contributed by atoms with Crippen LogP contribution in [-0.4, -0.2) is 37.3 Å². The fraction of sp³-hybridized carbons (Fsp3) is 0.944. The third-order valence-corrected chi connectivity index (χ3v) is 3.80. The molecule has 0 radical (unpaired) electrons. The molecular formula is C18H40N3O+. The molecule has 0 fully saturated rings. The van der Waals surface area contributed by atoms with E-state index in [1.165, 1.54) is 64.2 Å². The van der Waals surface area contributed by atoms with E-state index in [4.69, 9.17) is 5.11 Å². The zero-order chi connectivity index (χ0) is 16.3. The molecule has 0 aliphatic rings. The quantitative estimate of drug-likeness (QED) is 0.212. The van der Waals surface area contributed by atoms with Crippen LogP contribution in [0.25, 0.3) is 0 Å². The molecule has 0 amide bonds. The zero-order valence-corrected chi connectivity index (χ0v) is 15.1. The SMILES string of the molecule is CCCCCCCCNC(NCCCCCC)=[NH+]CCCO. The molecule has 22 heavy (non-hydrogen) atoms. The van der Waals surface area contributed by atoms with Crippen LogP contribution < -0.4 is 15.6 Å². The Balaban J connectivity index is 3.75. The Morgan fingerprint density at radius 1 is 0.727 bits per heavy atom. The molecule has 0 atom stereocenters. The van der Waals surface area contributed by atoms with Crippen molar-refractivity contribution in [1.82, 2.24) is 10.6 Å². The van der Waals surface area contributed by atoms with Gasteiger partial charge < -0.3 is 5.11 Å². The van der Waals surface area contributed by atoms with Crippen molar-refractivity contribution in [3.05, 3.63) is 0 Å². The average molecular weight is 315 g/mol. The first-order chi connectivity index (χ1) is 10.8. The minimum absolute atomic E-state index is 0.244. The summed E-state index contributed by atoms with van der Waals surface area (Å²) in [6.45, 7) is 7.60. The molecule has 4 N–H and O–H groups in total. The predicted molar refractivity (Wildman–Crippen MR) is 96.1 cm³/mol. The van der Waals surface area contributed by atoms with Gasteiger partial charge in [-0.3, -0.25) is 15.6 Å². The molecule has 0 aromatic carbocycles. The van der Waals surface area contributed by atoms with Crippen LogP contribution in [0.1, 0.15) is 84.5 Å². The number of guanidine groups is 1. The fourth-order valence-electron chi connectivity index (χ4n) is 2.36. The molecule has 0 spiro atoms. The summed E-state index contributed by atoms with van der Waals surface area (Å²) in [6.07, 6.45) is 13.9.